The highest BCUT2D eigenvalue weighted by molar-refractivity contribution is 6.76. The van der Waals surface area contributed by atoms with Crippen molar-refractivity contribution in [3.05, 3.63) is 48.0 Å². The Morgan fingerprint density at radius 3 is 2.48 bits per heavy atom. The van der Waals surface area contributed by atoms with E-state index in [1.54, 1.807) is 17.0 Å². The molecule has 0 atom stereocenters. The summed E-state index contributed by atoms with van der Waals surface area (Å²) in [5, 5.41) is 0.788. The lowest BCUT2D eigenvalue weighted by molar-refractivity contribution is 0.0165. The van der Waals surface area contributed by atoms with Crippen LogP contribution in [0.5, 0.6) is 5.75 Å². The lowest BCUT2D eigenvalue weighted by atomic mass is 9.98. The standard InChI is InChI=1S/C31H44FN3O4Si/c1-22-18-27(38-20-23-12-14-34(15-13-23)30(36)39-31(2,3)4)28-25(24-10-8-9-11-26(24)32)19-35(29(28)33-22)21-37-16-17-40(5,6)7/h8-11,18-19,23H,12-17,20-21H2,1-7H3. The van der Waals surface area contributed by atoms with Crippen molar-refractivity contribution in [1.29, 1.82) is 0 Å². The number of aryl methyl sites for hydroxylation is 1. The first-order valence-electron chi connectivity index (χ1n) is 14.2. The molecule has 3 aromatic rings. The number of amides is 1. The molecule has 0 saturated carbocycles. The fourth-order valence-corrected chi connectivity index (χ4v) is 5.58. The van der Waals surface area contributed by atoms with Crippen LogP contribution in [0.3, 0.4) is 0 Å². The number of hydrogen-bond donors (Lipinski definition) is 0. The Hall–Kier alpha value is -2.91. The lowest BCUT2D eigenvalue weighted by Crippen LogP contribution is -2.42. The van der Waals surface area contributed by atoms with E-state index in [-0.39, 0.29) is 11.9 Å². The average Bonchev–Trinajstić information content (AvgIpc) is 3.22. The molecule has 7 nitrogen and oxygen atoms in total. The monoisotopic (exact) mass is 569 g/mol. The van der Waals surface area contributed by atoms with Gasteiger partial charge in [-0.25, -0.2) is 14.2 Å². The van der Waals surface area contributed by atoms with Crippen LogP contribution in [0.1, 0.15) is 39.3 Å². The van der Waals surface area contributed by atoms with Crippen LogP contribution in [0.4, 0.5) is 9.18 Å². The molecule has 2 aromatic heterocycles. The number of aromatic nitrogens is 2. The van der Waals surface area contributed by atoms with Gasteiger partial charge in [-0.1, -0.05) is 37.8 Å². The van der Waals surface area contributed by atoms with Crippen molar-refractivity contribution in [2.45, 2.75) is 78.6 Å². The SMILES string of the molecule is Cc1cc(OCC2CCN(C(=O)OC(C)(C)C)CC2)c2c(-c3ccccc3F)cn(COCC[Si](C)(C)C)c2n1. The second-order valence-electron chi connectivity index (χ2n) is 13.0. The van der Waals surface area contributed by atoms with Crippen molar-refractivity contribution in [1.82, 2.24) is 14.5 Å². The summed E-state index contributed by atoms with van der Waals surface area (Å²) < 4.78 is 35.0. The van der Waals surface area contributed by atoms with Gasteiger partial charge in [0.25, 0.3) is 0 Å². The van der Waals surface area contributed by atoms with Gasteiger partial charge in [-0.2, -0.15) is 0 Å². The van der Waals surface area contributed by atoms with Crippen molar-refractivity contribution in [3.63, 3.8) is 0 Å². The molecule has 0 aliphatic carbocycles. The minimum Gasteiger partial charge on any atom is -0.492 e. The minimum atomic E-state index is -1.22. The van der Waals surface area contributed by atoms with Crippen molar-refractivity contribution < 1.29 is 23.4 Å². The number of pyridine rings is 1. The van der Waals surface area contributed by atoms with Crippen LogP contribution in [0.25, 0.3) is 22.2 Å². The molecule has 218 valence electrons. The maximum Gasteiger partial charge on any atom is 0.410 e. The maximum atomic E-state index is 15.0. The minimum absolute atomic E-state index is 0.263. The van der Waals surface area contributed by atoms with Gasteiger partial charge in [0.2, 0.25) is 0 Å². The second kappa shape index (κ2) is 12.3. The largest absolute Gasteiger partial charge is 0.492 e. The zero-order chi connectivity index (χ0) is 29.1. The van der Waals surface area contributed by atoms with E-state index in [0.717, 1.165) is 41.2 Å². The molecule has 0 radical (unpaired) electrons. The summed E-state index contributed by atoms with van der Waals surface area (Å²) in [6.45, 7) is 17.4. The summed E-state index contributed by atoms with van der Waals surface area (Å²) in [4.78, 5) is 19.0. The highest BCUT2D eigenvalue weighted by atomic mass is 28.3. The third-order valence-corrected chi connectivity index (χ3v) is 8.75. The molecule has 40 heavy (non-hydrogen) atoms. The Kier molecular flexibility index (Phi) is 9.25. The summed E-state index contributed by atoms with van der Waals surface area (Å²) in [6, 6.07) is 9.80. The number of hydrogen-bond acceptors (Lipinski definition) is 5. The first-order valence-corrected chi connectivity index (χ1v) is 18.0. The fraction of sp³-hybridized carbons (Fsp3) is 0.548. The Morgan fingerprint density at radius 1 is 1.12 bits per heavy atom. The molecule has 1 aromatic carbocycles. The number of fused-ring (bicyclic) bond motifs is 1. The number of likely N-dealkylation sites (tertiary alicyclic amines) is 1. The van der Waals surface area contributed by atoms with Crippen LogP contribution >= 0.6 is 0 Å². The zero-order valence-corrected chi connectivity index (χ0v) is 26.1. The molecule has 3 heterocycles. The maximum absolute atomic E-state index is 15.0. The van der Waals surface area contributed by atoms with Gasteiger partial charge in [0.1, 0.15) is 29.5 Å². The normalized spacial score (nSPS) is 15.1. The van der Waals surface area contributed by atoms with E-state index in [1.165, 1.54) is 6.07 Å². The first kappa shape index (κ1) is 30.1. The predicted molar refractivity (Wildman–Crippen MR) is 160 cm³/mol. The van der Waals surface area contributed by atoms with Gasteiger partial charge in [0.05, 0.1) is 12.0 Å². The summed E-state index contributed by atoms with van der Waals surface area (Å²) >= 11 is 0. The summed E-state index contributed by atoms with van der Waals surface area (Å²) in [7, 11) is -1.22. The van der Waals surface area contributed by atoms with E-state index in [1.807, 2.05) is 50.6 Å². The molecule has 1 amide bonds. The number of rotatable bonds is 9. The van der Waals surface area contributed by atoms with E-state index >= 15 is 4.39 Å². The van der Waals surface area contributed by atoms with Crippen LogP contribution < -0.4 is 4.74 Å². The van der Waals surface area contributed by atoms with Gasteiger partial charge < -0.3 is 23.7 Å². The molecule has 1 aliphatic heterocycles. The number of benzene rings is 1. The van der Waals surface area contributed by atoms with Crippen LogP contribution in [0.15, 0.2) is 36.5 Å². The molecule has 9 heteroatoms. The van der Waals surface area contributed by atoms with E-state index in [2.05, 4.69) is 19.6 Å². The Balaban J connectivity index is 1.55. The molecule has 1 aliphatic rings. The number of ether oxygens (including phenoxy) is 3. The molecule has 1 fully saturated rings. The quantitative estimate of drug-likeness (QED) is 0.197. The molecule has 0 bridgehead atoms. The average molecular weight is 570 g/mol. The first-order chi connectivity index (χ1) is 18.8. The van der Waals surface area contributed by atoms with Gasteiger partial charge in [0, 0.05) is 56.9 Å². The molecular weight excluding hydrogens is 525 g/mol. The van der Waals surface area contributed by atoms with Crippen molar-refractivity contribution in [2.24, 2.45) is 5.92 Å². The summed E-state index contributed by atoms with van der Waals surface area (Å²) in [5.74, 6) is 0.699. The number of carbonyl (C=O) groups is 1. The number of piperidine rings is 1. The van der Waals surface area contributed by atoms with Gasteiger partial charge in [-0.15, -0.1) is 0 Å². The van der Waals surface area contributed by atoms with Crippen molar-refractivity contribution in [2.75, 3.05) is 26.3 Å². The third kappa shape index (κ3) is 7.85. The van der Waals surface area contributed by atoms with E-state index in [0.29, 0.717) is 50.3 Å². The van der Waals surface area contributed by atoms with Crippen LogP contribution in [-0.4, -0.2) is 60.5 Å². The second-order valence-corrected chi connectivity index (χ2v) is 18.6. The van der Waals surface area contributed by atoms with Crippen LogP contribution in [0, 0.1) is 18.7 Å². The van der Waals surface area contributed by atoms with E-state index in [4.69, 9.17) is 19.2 Å². The van der Waals surface area contributed by atoms with Gasteiger partial charge in [-0.05, 0) is 58.6 Å². The fourth-order valence-electron chi connectivity index (χ4n) is 4.82. The Labute approximate surface area is 238 Å². The van der Waals surface area contributed by atoms with Gasteiger partial charge in [-0.3, -0.25) is 0 Å². The highest BCUT2D eigenvalue weighted by Gasteiger charge is 2.28. The molecule has 1 saturated heterocycles. The predicted octanol–water partition coefficient (Wildman–Crippen LogP) is 7.49. The van der Waals surface area contributed by atoms with E-state index < -0.39 is 13.7 Å². The van der Waals surface area contributed by atoms with Crippen molar-refractivity contribution >= 4 is 25.2 Å². The number of nitrogens with zero attached hydrogens (tertiary/aromatic N) is 3. The van der Waals surface area contributed by atoms with Crippen molar-refractivity contribution in [3.8, 4) is 16.9 Å². The Morgan fingerprint density at radius 2 is 1.82 bits per heavy atom. The van der Waals surface area contributed by atoms with Gasteiger partial charge >= 0.3 is 6.09 Å². The van der Waals surface area contributed by atoms with Gasteiger partial charge in [0.15, 0.2) is 0 Å². The smallest absolute Gasteiger partial charge is 0.410 e. The zero-order valence-electron chi connectivity index (χ0n) is 25.1. The van der Waals surface area contributed by atoms with Crippen LogP contribution in [0.2, 0.25) is 25.7 Å². The number of carbonyl (C=O) groups excluding carboxylic acids is 1. The molecule has 4 rings (SSSR count). The molecule has 0 N–H and O–H groups in total. The highest BCUT2D eigenvalue weighted by Crippen LogP contribution is 2.38. The lowest BCUT2D eigenvalue weighted by Gasteiger charge is -2.33. The Bertz CT molecular complexity index is 1320. The molecule has 0 spiro atoms. The van der Waals surface area contributed by atoms with E-state index in [9.17, 15) is 4.79 Å². The van der Waals surface area contributed by atoms with Crippen LogP contribution in [-0.2, 0) is 16.2 Å². The summed E-state index contributed by atoms with van der Waals surface area (Å²) in [6.07, 6.45) is 3.33. The molecule has 0 unspecified atom stereocenters. The topological polar surface area (TPSA) is 65.8 Å². The molecular formula is C31H44FN3O4Si. The summed E-state index contributed by atoms with van der Waals surface area (Å²) in [5.41, 5.74) is 2.29. The third-order valence-electron chi connectivity index (χ3n) is 7.05. The number of halogens is 1.